The van der Waals surface area contributed by atoms with Gasteiger partial charge >= 0.3 is 0 Å². The lowest BCUT2D eigenvalue weighted by Crippen LogP contribution is -2.39. The summed E-state index contributed by atoms with van der Waals surface area (Å²) in [5.41, 5.74) is 1.23. The molecule has 1 unspecified atom stereocenters. The third kappa shape index (κ3) is 3.10. The highest BCUT2D eigenvalue weighted by molar-refractivity contribution is 5.20. The lowest BCUT2D eigenvalue weighted by Gasteiger charge is -2.36. The van der Waals surface area contributed by atoms with Crippen LogP contribution in [0.1, 0.15) is 30.9 Å². The van der Waals surface area contributed by atoms with Gasteiger partial charge in [-0.2, -0.15) is 5.26 Å². The number of hydrogen-bond acceptors (Lipinski definition) is 3. The minimum Gasteiger partial charge on any atom is -0.381 e. The van der Waals surface area contributed by atoms with E-state index < -0.39 is 0 Å². The van der Waals surface area contributed by atoms with Gasteiger partial charge in [-0.25, -0.2) is 0 Å². The second kappa shape index (κ2) is 6.53. The zero-order valence-electron chi connectivity index (χ0n) is 10.9. The number of hydrogen-bond donors (Lipinski definition) is 0. The predicted octanol–water partition coefficient (Wildman–Crippen LogP) is 2.75. The lowest BCUT2D eigenvalue weighted by molar-refractivity contribution is 0.0287. The third-order valence-corrected chi connectivity index (χ3v) is 3.73. The summed E-state index contributed by atoms with van der Waals surface area (Å²) in [6.07, 6.45) is 2.66. The Labute approximate surface area is 109 Å². The summed E-state index contributed by atoms with van der Waals surface area (Å²) in [6, 6.07) is 13.3. The highest BCUT2D eigenvalue weighted by atomic mass is 16.5. The van der Waals surface area contributed by atoms with Crippen LogP contribution in [0.2, 0.25) is 0 Å². The van der Waals surface area contributed by atoms with E-state index in [2.05, 4.69) is 30.1 Å². The SMILES string of the molecule is CN(C1CCOCC1)C(CC#N)c1ccccc1. The third-order valence-electron chi connectivity index (χ3n) is 3.73. The molecular formula is C15H20N2O. The van der Waals surface area contributed by atoms with E-state index >= 15 is 0 Å². The van der Waals surface area contributed by atoms with Crippen LogP contribution in [0.25, 0.3) is 0 Å². The highest BCUT2D eigenvalue weighted by Gasteiger charge is 2.25. The van der Waals surface area contributed by atoms with Crippen molar-refractivity contribution in [1.82, 2.24) is 4.90 Å². The molecule has 1 atom stereocenters. The first-order valence-electron chi connectivity index (χ1n) is 6.54. The molecule has 1 heterocycles. The molecule has 1 aromatic carbocycles. The number of nitriles is 1. The number of benzene rings is 1. The molecule has 3 nitrogen and oxygen atoms in total. The van der Waals surface area contributed by atoms with Crippen LogP contribution in [0.15, 0.2) is 30.3 Å². The lowest BCUT2D eigenvalue weighted by atomic mass is 9.98. The molecule has 2 rings (SSSR count). The van der Waals surface area contributed by atoms with E-state index in [0.717, 1.165) is 26.1 Å². The average molecular weight is 244 g/mol. The maximum absolute atomic E-state index is 9.04. The van der Waals surface area contributed by atoms with Crippen molar-refractivity contribution in [2.75, 3.05) is 20.3 Å². The molecule has 1 aromatic rings. The first-order chi connectivity index (χ1) is 8.83. The van der Waals surface area contributed by atoms with Crippen molar-refractivity contribution in [1.29, 1.82) is 5.26 Å². The Kier molecular flexibility index (Phi) is 4.74. The fourth-order valence-electron chi connectivity index (χ4n) is 2.61. The first kappa shape index (κ1) is 13.1. The molecule has 1 saturated heterocycles. The fourth-order valence-corrected chi connectivity index (χ4v) is 2.61. The van der Waals surface area contributed by atoms with Gasteiger partial charge in [0.05, 0.1) is 12.5 Å². The Morgan fingerprint density at radius 2 is 2.00 bits per heavy atom. The van der Waals surface area contributed by atoms with Gasteiger partial charge in [-0.05, 0) is 25.5 Å². The van der Waals surface area contributed by atoms with Crippen LogP contribution in [0.4, 0.5) is 0 Å². The van der Waals surface area contributed by atoms with E-state index in [9.17, 15) is 0 Å². The van der Waals surface area contributed by atoms with Crippen molar-refractivity contribution >= 4 is 0 Å². The molecule has 96 valence electrons. The minimum atomic E-state index is 0.194. The maximum Gasteiger partial charge on any atom is 0.0641 e. The van der Waals surface area contributed by atoms with Crippen molar-refractivity contribution in [3.8, 4) is 6.07 Å². The number of ether oxygens (including phenoxy) is 1. The monoisotopic (exact) mass is 244 g/mol. The van der Waals surface area contributed by atoms with Gasteiger partial charge in [0.25, 0.3) is 0 Å². The fraction of sp³-hybridized carbons (Fsp3) is 0.533. The molecular weight excluding hydrogens is 224 g/mol. The first-order valence-corrected chi connectivity index (χ1v) is 6.54. The molecule has 0 aromatic heterocycles. The highest BCUT2D eigenvalue weighted by Crippen LogP contribution is 2.27. The van der Waals surface area contributed by atoms with Gasteiger partial charge in [-0.3, -0.25) is 4.90 Å². The normalized spacial score (nSPS) is 18.5. The predicted molar refractivity (Wildman–Crippen MR) is 71.0 cm³/mol. The van der Waals surface area contributed by atoms with Gasteiger partial charge in [0.1, 0.15) is 0 Å². The van der Waals surface area contributed by atoms with Gasteiger partial charge < -0.3 is 4.74 Å². The van der Waals surface area contributed by atoms with Crippen LogP contribution in [-0.2, 0) is 4.74 Å². The molecule has 0 saturated carbocycles. The van der Waals surface area contributed by atoms with E-state index in [-0.39, 0.29) is 6.04 Å². The van der Waals surface area contributed by atoms with Gasteiger partial charge in [0.2, 0.25) is 0 Å². The minimum absolute atomic E-state index is 0.194. The van der Waals surface area contributed by atoms with E-state index in [0.29, 0.717) is 12.5 Å². The summed E-state index contributed by atoms with van der Waals surface area (Å²) in [7, 11) is 2.13. The molecule has 3 heteroatoms. The quantitative estimate of drug-likeness (QED) is 0.817. The molecule has 0 radical (unpaired) electrons. The van der Waals surface area contributed by atoms with Gasteiger partial charge in [0.15, 0.2) is 0 Å². The number of nitrogens with zero attached hydrogens (tertiary/aromatic N) is 2. The van der Waals surface area contributed by atoms with Crippen LogP contribution >= 0.6 is 0 Å². The van der Waals surface area contributed by atoms with Crippen LogP contribution in [0.3, 0.4) is 0 Å². The second-order valence-electron chi connectivity index (χ2n) is 4.80. The van der Waals surface area contributed by atoms with Crippen LogP contribution in [-0.4, -0.2) is 31.2 Å². The molecule has 0 bridgehead atoms. The summed E-state index contributed by atoms with van der Waals surface area (Å²) < 4.78 is 5.40. The summed E-state index contributed by atoms with van der Waals surface area (Å²) in [4.78, 5) is 2.35. The van der Waals surface area contributed by atoms with Crippen LogP contribution in [0.5, 0.6) is 0 Å². The summed E-state index contributed by atoms with van der Waals surface area (Å²) in [5.74, 6) is 0. The molecule has 0 aliphatic carbocycles. The van der Waals surface area contributed by atoms with Crippen molar-refractivity contribution < 1.29 is 4.74 Å². The molecule has 1 fully saturated rings. The molecule has 0 amide bonds. The van der Waals surface area contributed by atoms with Crippen LogP contribution in [0, 0.1) is 11.3 Å². The topological polar surface area (TPSA) is 36.3 Å². The Bertz CT molecular complexity index is 393. The standard InChI is InChI=1S/C15H20N2O/c1-17(14-8-11-18-12-9-14)15(7-10-16)13-5-3-2-4-6-13/h2-6,14-15H,7-9,11-12H2,1H3. The smallest absolute Gasteiger partial charge is 0.0641 e. The summed E-state index contributed by atoms with van der Waals surface area (Å²) >= 11 is 0. The summed E-state index contributed by atoms with van der Waals surface area (Å²) in [5, 5.41) is 9.04. The van der Waals surface area contributed by atoms with Crippen molar-refractivity contribution in [2.24, 2.45) is 0 Å². The van der Waals surface area contributed by atoms with Crippen LogP contribution < -0.4 is 0 Å². The Morgan fingerprint density at radius 1 is 1.33 bits per heavy atom. The van der Waals surface area contributed by atoms with Crippen molar-refractivity contribution in [2.45, 2.75) is 31.3 Å². The largest absolute Gasteiger partial charge is 0.381 e. The van der Waals surface area contributed by atoms with Gasteiger partial charge in [-0.1, -0.05) is 30.3 Å². The van der Waals surface area contributed by atoms with E-state index in [1.165, 1.54) is 5.56 Å². The zero-order valence-corrected chi connectivity index (χ0v) is 10.9. The number of rotatable bonds is 4. The molecule has 1 aliphatic heterocycles. The van der Waals surface area contributed by atoms with Gasteiger partial charge in [0, 0.05) is 25.3 Å². The average Bonchev–Trinajstić information content (AvgIpc) is 2.46. The molecule has 18 heavy (non-hydrogen) atoms. The molecule has 1 aliphatic rings. The maximum atomic E-state index is 9.04. The van der Waals surface area contributed by atoms with Gasteiger partial charge in [-0.15, -0.1) is 0 Å². The van der Waals surface area contributed by atoms with E-state index in [1.807, 2.05) is 18.2 Å². The van der Waals surface area contributed by atoms with E-state index in [4.69, 9.17) is 10.00 Å². The Balaban J connectivity index is 2.12. The second-order valence-corrected chi connectivity index (χ2v) is 4.80. The van der Waals surface area contributed by atoms with Crippen molar-refractivity contribution in [3.63, 3.8) is 0 Å². The summed E-state index contributed by atoms with van der Waals surface area (Å²) in [6.45, 7) is 1.67. The molecule has 0 spiro atoms. The Hall–Kier alpha value is -1.37. The molecule has 0 N–H and O–H groups in total. The van der Waals surface area contributed by atoms with Crippen molar-refractivity contribution in [3.05, 3.63) is 35.9 Å². The Morgan fingerprint density at radius 3 is 2.61 bits per heavy atom. The van der Waals surface area contributed by atoms with E-state index in [1.54, 1.807) is 0 Å². The zero-order chi connectivity index (χ0) is 12.8.